The van der Waals surface area contributed by atoms with Crippen molar-refractivity contribution in [2.75, 3.05) is 13.7 Å². The van der Waals surface area contributed by atoms with E-state index in [1.165, 1.54) is 0 Å². The standard InChI is InChI=1S/C6H14N2O/c1-5(2)6(8-7)4-9-3/h5H,4,7H2,1-3H3/b8-6-. The van der Waals surface area contributed by atoms with Crippen LogP contribution in [0, 0.1) is 5.92 Å². The first-order valence-electron chi connectivity index (χ1n) is 2.98. The van der Waals surface area contributed by atoms with E-state index in [1.54, 1.807) is 7.11 Å². The Labute approximate surface area is 55.9 Å². The van der Waals surface area contributed by atoms with E-state index < -0.39 is 0 Å². The van der Waals surface area contributed by atoms with Crippen LogP contribution in [-0.2, 0) is 4.74 Å². The molecule has 0 atom stereocenters. The van der Waals surface area contributed by atoms with Gasteiger partial charge in [-0.3, -0.25) is 0 Å². The minimum absolute atomic E-state index is 0.384. The van der Waals surface area contributed by atoms with Gasteiger partial charge in [0, 0.05) is 7.11 Å². The molecule has 3 heteroatoms. The van der Waals surface area contributed by atoms with Crippen molar-refractivity contribution in [1.82, 2.24) is 0 Å². The molecular weight excluding hydrogens is 116 g/mol. The molecule has 54 valence electrons. The highest BCUT2D eigenvalue weighted by Crippen LogP contribution is 1.95. The van der Waals surface area contributed by atoms with Gasteiger partial charge < -0.3 is 10.6 Å². The van der Waals surface area contributed by atoms with Crippen molar-refractivity contribution in [3.63, 3.8) is 0 Å². The Kier molecular flexibility index (Phi) is 4.05. The number of rotatable bonds is 3. The molecule has 0 bridgehead atoms. The SMILES string of the molecule is COC/C(=N/N)C(C)C. The monoisotopic (exact) mass is 130 g/mol. The van der Waals surface area contributed by atoms with Gasteiger partial charge in [0.25, 0.3) is 0 Å². The van der Waals surface area contributed by atoms with Gasteiger partial charge in [-0.1, -0.05) is 13.8 Å². The Bertz CT molecular complexity index is 99.2. The van der Waals surface area contributed by atoms with Crippen molar-refractivity contribution in [3.8, 4) is 0 Å². The predicted octanol–water partition coefficient (Wildman–Crippen LogP) is 0.604. The first-order valence-corrected chi connectivity index (χ1v) is 2.98. The molecule has 2 N–H and O–H groups in total. The minimum Gasteiger partial charge on any atom is -0.379 e. The summed E-state index contributed by atoms with van der Waals surface area (Å²) in [7, 11) is 1.63. The Morgan fingerprint density at radius 1 is 1.67 bits per heavy atom. The Morgan fingerprint density at radius 3 is 2.33 bits per heavy atom. The Morgan fingerprint density at radius 2 is 2.22 bits per heavy atom. The molecule has 0 rings (SSSR count). The van der Waals surface area contributed by atoms with Gasteiger partial charge in [-0.2, -0.15) is 5.10 Å². The number of methoxy groups -OCH3 is 1. The lowest BCUT2D eigenvalue weighted by Crippen LogP contribution is -2.16. The predicted molar refractivity (Wildman–Crippen MR) is 38.3 cm³/mol. The molecule has 0 heterocycles. The van der Waals surface area contributed by atoms with Crippen LogP contribution in [0.5, 0.6) is 0 Å². The van der Waals surface area contributed by atoms with Crippen LogP contribution in [0.25, 0.3) is 0 Å². The maximum Gasteiger partial charge on any atom is 0.0864 e. The first-order chi connectivity index (χ1) is 4.22. The summed E-state index contributed by atoms with van der Waals surface area (Å²) in [5.74, 6) is 5.45. The number of nitrogens with zero attached hydrogens (tertiary/aromatic N) is 1. The second-order valence-corrected chi connectivity index (χ2v) is 2.21. The highest BCUT2D eigenvalue weighted by molar-refractivity contribution is 5.87. The summed E-state index contributed by atoms with van der Waals surface area (Å²) in [6, 6.07) is 0. The molecule has 0 aliphatic heterocycles. The topological polar surface area (TPSA) is 47.6 Å². The lowest BCUT2D eigenvalue weighted by molar-refractivity contribution is 0.241. The van der Waals surface area contributed by atoms with Gasteiger partial charge in [0.15, 0.2) is 0 Å². The van der Waals surface area contributed by atoms with E-state index in [-0.39, 0.29) is 0 Å². The summed E-state index contributed by atoms with van der Waals surface area (Å²) >= 11 is 0. The van der Waals surface area contributed by atoms with Crippen molar-refractivity contribution < 1.29 is 4.74 Å². The smallest absolute Gasteiger partial charge is 0.0864 e. The molecule has 3 nitrogen and oxygen atoms in total. The lowest BCUT2D eigenvalue weighted by atomic mass is 10.1. The number of ether oxygens (including phenoxy) is 1. The zero-order chi connectivity index (χ0) is 7.28. The molecule has 0 saturated heterocycles. The largest absolute Gasteiger partial charge is 0.379 e. The molecule has 0 aromatic heterocycles. The summed E-state index contributed by atoms with van der Waals surface area (Å²) in [5.41, 5.74) is 0.900. The van der Waals surface area contributed by atoms with Crippen LogP contribution in [0.1, 0.15) is 13.8 Å². The lowest BCUT2D eigenvalue weighted by Gasteiger charge is -2.05. The number of hydrazone groups is 1. The van der Waals surface area contributed by atoms with Gasteiger partial charge in [0.05, 0.1) is 12.3 Å². The summed E-state index contributed by atoms with van der Waals surface area (Å²) in [6.45, 7) is 4.60. The molecular formula is C6H14N2O. The van der Waals surface area contributed by atoms with Gasteiger partial charge >= 0.3 is 0 Å². The van der Waals surface area contributed by atoms with Gasteiger partial charge in [-0.25, -0.2) is 0 Å². The second-order valence-electron chi connectivity index (χ2n) is 2.21. The van der Waals surface area contributed by atoms with E-state index in [0.29, 0.717) is 12.5 Å². The molecule has 0 unspecified atom stereocenters. The second kappa shape index (κ2) is 4.32. The van der Waals surface area contributed by atoms with Gasteiger partial charge in [-0.05, 0) is 5.92 Å². The van der Waals surface area contributed by atoms with Crippen molar-refractivity contribution in [2.24, 2.45) is 16.9 Å². The van der Waals surface area contributed by atoms with E-state index >= 15 is 0 Å². The van der Waals surface area contributed by atoms with Crippen LogP contribution in [0.4, 0.5) is 0 Å². The summed E-state index contributed by atoms with van der Waals surface area (Å²) in [6.07, 6.45) is 0. The zero-order valence-electron chi connectivity index (χ0n) is 6.22. The molecule has 0 saturated carbocycles. The van der Waals surface area contributed by atoms with Crippen LogP contribution in [0.15, 0.2) is 5.10 Å². The molecule has 0 aromatic carbocycles. The van der Waals surface area contributed by atoms with Gasteiger partial charge in [-0.15, -0.1) is 0 Å². The molecule has 0 spiro atoms. The molecule has 0 aliphatic carbocycles. The fraction of sp³-hybridized carbons (Fsp3) is 0.833. The molecule has 0 aromatic rings. The van der Waals surface area contributed by atoms with Crippen molar-refractivity contribution in [1.29, 1.82) is 0 Å². The van der Waals surface area contributed by atoms with Gasteiger partial charge in [0.2, 0.25) is 0 Å². The van der Waals surface area contributed by atoms with Crippen LogP contribution in [0.3, 0.4) is 0 Å². The van der Waals surface area contributed by atoms with Crippen molar-refractivity contribution in [2.45, 2.75) is 13.8 Å². The fourth-order valence-corrected chi connectivity index (χ4v) is 0.501. The number of hydrogen-bond donors (Lipinski definition) is 1. The van der Waals surface area contributed by atoms with Gasteiger partial charge in [0.1, 0.15) is 0 Å². The molecule has 0 fully saturated rings. The quantitative estimate of drug-likeness (QED) is 0.345. The van der Waals surface area contributed by atoms with E-state index in [0.717, 1.165) is 5.71 Å². The van der Waals surface area contributed by atoms with Crippen LogP contribution in [0.2, 0.25) is 0 Å². The molecule has 9 heavy (non-hydrogen) atoms. The molecule has 0 radical (unpaired) electrons. The summed E-state index contributed by atoms with van der Waals surface area (Å²) in [4.78, 5) is 0. The molecule has 0 amide bonds. The van der Waals surface area contributed by atoms with E-state index in [9.17, 15) is 0 Å². The molecule has 0 aliphatic rings. The third-order valence-corrected chi connectivity index (χ3v) is 1.12. The normalized spacial score (nSPS) is 12.7. The van der Waals surface area contributed by atoms with E-state index in [4.69, 9.17) is 10.6 Å². The Hall–Kier alpha value is -0.570. The third kappa shape index (κ3) is 3.08. The highest BCUT2D eigenvalue weighted by atomic mass is 16.5. The zero-order valence-corrected chi connectivity index (χ0v) is 6.22. The van der Waals surface area contributed by atoms with Crippen molar-refractivity contribution in [3.05, 3.63) is 0 Å². The summed E-state index contributed by atoms with van der Waals surface area (Å²) < 4.78 is 4.85. The maximum absolute atomic E-state index is 5.07. The van der Waals surface area contributed by atoms with E-state index in [2.05, 4.69) is 5.10 Å². The maximum atomic E-state index is 5.07. The minimum atomic E-state index is 0.384. The number of hydrogen-bond acceptors (Lipinski definition) is 3. The summed E-state index contributed by atoms with van der Waals surface area (Å²) in [5, 5.41) is 3.57. The first kappa shape index (κ1) is 8.43. The highest BCUT2D eigenvalue weighted by Gasteiger charge is 2.02. The average molecular weight is 130 g/mol. The van der Waals surface area contributed by atoms with Crippen molar-refractivity contribution >= 4 is 5.71 Å². The van der Waals surface area contributed by atoms with E-state index in [1.807, 2.05) is 13.8 Å². The average Bonchev–Trinajstić information content (AvgIpc) is 1.82. The fourth-order valence-electron chi connectivity index (χ4n) is 0.501. The third-order valence-electron chi connectivity index (χ3n) is 1.12. The van der Waals surface area contributed by atoms with Crippen LogP contribution < -0.4 is 5.84 Å². The van der Waals surface area contributed by atoms with Crippen LogP contribution >= 0.6 is 0 Å². The Balaban J connectivity index is 3.70. The number of nitrogens with two attached hydrogens (primary N) is 1. The van der Waals surface area contributed by atoms with Crippen LogP contribution in [-0.4, -0.2) is 19.4 Å².